The zero-order valence-electron chi connectivity index (χ0n) is 23.4. The monoisotopic (exact) mass is 538 g/mol. The molecule has 2 fully saturated rings. The van der Waals surface area contributed by atoms with Gasteiger partial charge in [0.05, 0.1) is 6.61 Å². The molecule has 0 N–H and O–H groups in total. The molecule has 0 radical (unpaired) electrons. The van der Waals surface area contributed by atoms with Crippen molar-refractivity contribution in [1.82, 2.24) is 9.80 Å². The molecular formula is C35H42N2OS. The van der Waals surface area contributed by atoms with E-state index in [4.69, 9.17) is 4.74 Å². The van der Waals surface area contributed by atoms with Crippen molar-refractivity contribution in [3.63, 3.8) is 0 Å². The third-order valence-corrected chi connectivity index (χ3v) is 10.0. The molecule has 4 aromatic rings. The molecule has 0 aliphatic carbocycles. The van der Waals surface area contributed by atoms with Crippen molar-refractivity contribution in [1.29, 1.82) is 0 Å². The maximum absolute atomic E-state index is 6.11. The molecule has 39 heavy (non-hydrogen) atoms. The van der Waals surface area contributed by atoms with Crippen molar-refractivity contribution >= 4 is 21.4 Å². The van der Waals surface area contributed by atoms with Gasteiger partial charge in [0.15, 0.2) is 0 Å². The molecule has 0 amide bonds. The first-order chi connectivity index (χ1) is 19.2. The summed E-state index contributed by atoms with van der Waals surface area (Å²) in [5.41, 5.74) is 5.57. The summed E-state index contributed by atoms with van der Waals surface area (Å²) in [6, 6.07) is 27.7. The molecule has 6 rings (SSSR count). The van der Waals surface area contributed by atoms with Crippen LogP contribution in [0.15, 0.2) is 72.8 Å². The number of hydrogen-bond acceptors (Lipinski definition) is 4. The topological polar surface area (TPSA) is 15.7 Å². The number of likely N-dealkylation sites (tertiary alicyclic amines) is 2. The highest BCUT2D eigenvalue weighted by atomic mass is 32.1. The second kappa shape index (κ2) is 12.7. The van der Waals surface area contributed by atoms with E-state index in [0.29, 0.717) is 6.04 Å². The molecule has 1 aromatic heterocycles. The van der Waals surface area contributed by atoms with Gasteiger partial charge in [-0.05, 0) is 130 Å². The Labute approximate surface area is 238 Å². The lowest BCUT2D eigenvalue weighted by atomic mass is 9.98. The highest BCUT2D eigenvalue weighted by Crippen LogP contribution is 2.40. The van der Waals surface area contributed by atoms with E-state index in [9.17, 15) is 0 Å². The van der Waals surface area contributed by atoms with Crippen molar-refractivity contribution in [3.05, 3.63) is 89.5 Å². The summed E-state index contributed by atoms with van der Waals surface area (Å²) in [6.07, 6.45) is 9.84. The molecule has 1 unspecified atom stereocenters. The predicted molar refractivity (Wildman–Crippen MR) is 166 cm³/mol. The molecule has 2 saturated heterocycles. The van der Waals surface area contributed by atoms with Gasteiger partial charge in [0, 0.05) is 15.6 Å². The third kappa shape index (κ3) is 6.57. The quantitative estimate of drug-likeness (QED) is 0.192. The van der Waals surface area contributed by atoms with E-state index in [2.05, 4.69) is 89.6 Å². The number of aryl methyl sites for hydroxylation is 1. The van der Waals surface area contributed by atoms with E-state index in [-0.39, 0.29) is 0 Å². The van der Waals surface area contributed by atoms with Crippen molar-refractivity contribution in [2.24, 2.45) is 0 Å². The molecule has 4 heteroatoms. The molecule has 3 nitrogen and oxygen atoms in total. The minimum Gasteiger partial charge on any atom is -0.494 e. The van der Waals surface area contributed by atoms with Crippen LogP contribution in [0.4, 0.5) is 0 Å². The van der Waals surface area contributed by atoms with Gasteiger partial charge in [-0.25, -0.2) is 0 Å². The average Bonchev–Trinajstić information content (AvgIpc) is 3.72. The summed E-state index contributed by atoms with van der Waals surface area (Å²) in [5, 5.41) is 1.38. The van der Waals surface area contributed by atoms with Crippen LogP contribution in [0.3, 0.4) is 0 Å². The first-order valence-electron chi connectivity index (χ1n) is 15.0. The van der Waals surface area contributed by atoms with Gasteiger partial charge in [0.2, 0.25) is 0 Å². The number of thiophene rings is 1. The van der Waals surface area contributed by atoms with E-state index in [1.54, 1.807) is 0 Å². The van der Waals surface area contributed by atoms with Crippen LogP contribution < -0.4 is 4.74 Å². The van der Waals surface area contributed by atoms with Gasteiger partial charge in [-0.2, -0.15) is 0 Å². The Morgan fingerprint density at radius 1 is 0.846 bits per heavy atom. The molecular weight excluding hydrogens is 496 g/mol. The third-order valence-electron chi connectivity index (χ3n) is 8.75. The first-order valence-corrected chi connectivity index (χ1v) is 15.8. The smallest absolute Gasteiger partial charge is 0.119 e. The van der Waals surface area contributed by atoms with Crippen LogP contribution in [0.2, 0.25) is 0 Å². The zero-order chi connectivity index (χ0) is 26.4. The van der Waals surface area contributed by atoms with Crippen molar-refractivity contribution in [2.75, 3.05) is 39.8 Å². The number of nitrogens with zero attached hydrogens (tertiary/aromatic N) is 2. The molecule has 0 bridgehead atoms. The van der Waals surface area contributed by atoms with Gasteiger partial charge >= 0.3 is 0 Å². The van der Waals surface area contributed by atoms with Crippen LogP contribution in [-0.2, 0) is 12.8 Å². The fourth-order valence-electron chi connectivity index (χ4n) is 6.41. The fraction of sp³-hybridized carbons (Fsp3) is 0.429. The van der Waals surface area contributed by atoms with Gasteiger partial charge in [-0.15, -0.1) is 11.3 Å². The van der Waals surface area contributed by atoms with Crippen LogP contribution in [0.1, 0.15) is 55.2 Å². The molecule has 2 aliphatic heterocycles. The molecule has 2 aliphatic rings. The van der Waals surface area contributed by atoms with Crippen LogP contribution in [0.5, 0.6) is 5.75 Å². The minimum atomic E-state index is 0.679. The Morgan fingerprint density at radius 3 is 2.38 bits per heavy atom. The first kappa shape index (κ1) is 26.6. The van der Waals surface area contributed by atoms with Crippen LogP contribution in [0.25, 0.3) is 20.5 Å². The summed E-state index contributed by atoms with van der Waals surface area (Å²) in [6.45, 7) is 5.84. The molecule has 0 spiro atoms. The lowest BCUT2D eigenvalue weighted by molar-refractivity contribution is 0.233. The van der Waals surface area contributed by atoms with E-state index in [1.807, 2.05) is 11.3 Å². The second-order valence-electron chi connectivity index (χ2n) is 11.5. The standard InChI is InChI=1S/C35H42N2OS/c1-36-21-7-9-30(36)20-25-38-31-18-14-28(15-19-31)26-33-32-10-2-3-11-34(32)39-35(33)29-16-12-27(13-17-29)8-6-24-37-22-4-5-23-37/h2-3,10-19,30H,4-9,20-26H2,1H3. The van der Waals surface area contributed by atoms with E-state index in [1.165, 1.54) is 102 Å². The maximum atomic E-state index is 6.11. The Kier molecular flexibility index (Phi) is 8.63. The Balaban J connectivity index is 1.12. The van der Waals surface area contributed by atoms with E-state index in [0.717, 1.165) is 25.2 Å². The molecule has 3 heterocycles. The minimum absolute atomic E-state index is 0.679. The van der Waals surface area contributed by atoms with Crippen LogP contribution in [0, 0.1) is 0 Å². The average molecular weight is 539 g/mol. The Bertz CT molecular complexity index is 1340. The summed E-state index contributed by atoms with van der Waals surface area (Å²) in [4.78, 5) is 6.49. The number of fused-ring (bicyclic) bond motifs is 1. The summed E-state index contributed by atoms with van der Waals surface area (Å²) >= 11 is 1.93. The normalized spacial score (nSPS) is 18.3. The lowest BCUT2D eigenvalue weighted by Gasteiger charge is -2.19. The van der Waals surface area contributed by atoms with E-state index >= 15 is 0 Å². The molecule has 204 valence electrons. The number of benzene rings is 3. The molecule has 0 saturated carbocycles. The maximum Gasteiger partial charge on any atom is 0.119 e. The highest BCUT2D eigenvalue weighted by Gasteiger charge is 2.20. The molecule has 1 atom stereocenters. The second-order valence-corrected chi connectivity index (χ2v) is 12.5. The number of ether oxygens (including phenoxy) is 1. The zero-order valence-corrected chi connectivity index (χ0v) is 24.2. The summed E-state index contributed by atoms with van der Waals surface area (Å²) in [5.74, 6) is 0.982. The van der Waals surface area contributed by atoms with Crippen molar-refractivity contribution in [2.45, 2.75) is 57.4 Å². The van der Waals surface area contributed by atoms with Gasteiger partial charge in [0.25, 0.3) is 0 Å². The predicted octanol–water partition coefficient (Wildman–Crippen LogP) is 8.05. The highest BCUT2D eigenvalue weighted by molar-refractivity contribution is 7.22. The Morgan fingerprint density at radius 2 is 1.62 bits per heavy atom. The lowest BCUT2D eigenvalue weighted by Crippen LogP contribution is -2.26. The number of rotatable bonds is 11. The van der Waals surface area contributed by atoms with Crippen LogP contribution in [-0.4, -0.2) is 55.7 Å². The summed E-state index contributed by atoms with van der Waals surface area (Å²) < 4.78 is 7.48. The van der Waals surface area contributed by atoms with Crippen molar-refractivity contribution in [3.8, 4) is 16.2 Å². The summed E-state index contributed by atoms with van der Waals surface area (Å²) in [7, 11) is 2.24. The van der Waals surface area contributed by atoms with E-state index < -0.39 is 0 Å². The van der Waals surface area contributed by atoms with Gasteiger partial charge in [-0.3, -0.25) is 0 Å². The van der Waals surface area contributed by atoms with Gasteiger partial charge < -0.3 is 14.5 Å². The fourth-order valence-corrected chi connectivity index (χ4v) is 7.63. The van der Waals surface area contributed by atoms with Gasteiger partial charge in [0.1, 0.15) is 5.75 Å². The van der Waals surface area contributed by atoms with Gasteiger partial charge in [-0.1, -0.05) is 54.6 Å². The SMILES string of the molecule is CN1CCCC1CCOc1ccc(Cc2c(-c3ccc(CCCN4CCCC4)cc3)sc3ccccc23)cc1. The van der Waals surface area contributed by atoms with Crippen molar-refractivity contribution < 1.29 is 4.74 Å². The number of hydrogen-bond donors (Lipinski definition) is 0. The largest absolute Gasteiger partial charge is 0.494 e. The Hall–Kier alpha value is -2.66. The molecule has 3 aromatic carbocycles. The van der Waals surface area contributed by atoms with Crippen LogP contribution >= 0.6 is 11.3 Å².